The molecule has 0 atom stereocenters. The summed E-state index contributed by atoms with van der Waals surface area (Å²) in [5.41, 5.74) is 1.43. The highest BCUT2D eigenvalue weighted by Crippen LogP contribution is 2.29. The van der Waals surface area contributed by atoms with Gasteiger partial charge in [0, 0.05) is 29.0 Å². The van der Waals surface area contributed by atoms with Crippen LogP contribution in [0.3, 0.4) is 0 Å². The molecular formula is C16H13N3O4. The molecule has 0 spiro atoms. The Morgan fingerprint density at radius 2 is 2.04 bits per heavy atom. The quantitative estimate of drug-likeness (QED) is 0.570. The Kier molecular flexibility index (Phi) is 3.68. The van der Waals surface area contributed by atoms with Crippen molar-refractivity contribution >= 4 is 28.2 Å². The van der Waals surface area contributed by atoms with Gasteiger partial charge >= 0.3 is 5.69 Å². The van der Waals surface area contributed by atoms with E-state index in [4.69, 9.17) is 4.74 Å². The highest BCUT2D eigenvalue weighted by atomic mass is 16.6. The second-order valence-corrected chi connectivity index (χ2v) is 4.88. The van der Waals surface area contributed by atoms with Gasteiger partial charge in [-0.25, -0.2) is 0 Å². The maximum absolute atomic E-state index is 12.3. The number of carbonyl (C=O) groups excluding carboxylic acids is 1. The summed E-state index contributed by atoms with van der Waals surface area (Å²) in [7, 11) is 1.35. The zero-order valence-electron chi connectivity index (χ0n) is 12.2. The predicted molar refractivity (Wildman–Crippen MR) is 85.9 cm³/mol. The molecule has 3 aromatic rings. The molecular weight excluding hydrogens is 298 g/mol. The largest absolute Gasteiger partial charge is 0.490 e. The Labute approximate surface area is 131 Å². The van der Waals surface area contributed by atoms with Crippen molar-refractivity contribution < 1.29 is 14.5 Å². The topological polar surface area (TPSA) is 97.3 Å². The lowest BCUT2D eigenvalue weighted by Crippen LogP contribution is -2.12. The zero-order chi connectivity index (χ0) is 16.4. The monoisotopic (exact) mass is 311 g/mol. The van der Waals surface area contributed by atoms with Crippen LogP contribution in [-0.4, -0.2) is 22.9 Å². The highest BCUT2D eigenvalue weighted by molar-refractivity contribution is 6.06. The molecule has 1 amide bonds. The lowest BCUT2D eigenvalue weighted by atomic mass is 10.1. The third-order valence-corrected chi connectivity index (χ3v) is 3.45. The Bertz CT molecular complexity index is 901. The average Bonchev–Trinajstić information content (AvgIpc) is 3.02. The zero-order valence-corrected chi connectivity index (χ0v) is 12.2. The number of hydrogen-bond donors (Lipinski definition) is 2. The maximum Gasteiger partial charge on any atom is 0.312 e. The number of benzene rings is 2. The van der Waals surface area contributed by atoms with Crippen molar-refractivity contribution in [2.24, 2.45) is 0 Å². The van der Waals surface area contributed by atoms with Crippen LogP contribution < -0.4 is 10.1 Å². The molecule has 0 aliphatic carbocycles. The third-order valence-electron chi connectivity index (χ3n) is 3.45. The summed E-state index contributed by atoms with van der Waals surface area (Å²) in [6.45, 7) is 0. The van der Waals surface area contributed by atoms with Crippen LogP contribution in [0.4, 0.5) is 11.4 Å². The molecule has 0 aliphatic rings. The molecule has 0 radical (unpaired) electrons. The number of H-pyrrole nitrogens is 1. The fraction of sp³-hybridized carbons (Fsp3) is 0.0625. The first-order valence-electron chi connectivity index (χ1n) is 6.79. The minimum Gasteiger partial charge on any atom is -0.490 e. The van der Waals surface area contributed by atoms with E-state index in [-0.39, 0.29) is 17.3 Å². The molecule has 116 valence electrons. The molecule has 1 aromatic heterocycles. The van der Waals surface area contributed by atoms with Crippen molar-refractivity contribution in [2.75, 3.05) is 12.4 Å². The van der Waals surface area contributed by atoms with Crippen molar-refractivity contribution in [1.82, 2.24) is 4.98 Å². The number of nitrogens with zero attached hydrogens (tertiary/aromatic N) is 1. The molecule has 0 bridgehead atoms. The second kappa shape index (κ2) is 5.80. The van der Waals surface area contributed by atoms with Gasteiger partial charge in [-0.3, -0.25) is 14.9 Å². The fourth-order valence-electron chi connectivity index (χ4n) is 2.30. The summed E-state index contributed by atoms with van der Waals surface area (Å²) in [5, 5.41) is 14.7. The van der Waals surface area contributed by atoms with Crippen molar-refractivity contribution in [3.63, 3.8) is 0 Å². The molecule has 0 unspecified atom stereocenters. The number of nitro groups is 1. The summed E-state index contributed by atoms with van der Waals surface area (Å²) < 4.78 is 4.93. The average molecular weight is 311 g/mol. The van der Waals surface area contributed by atoms with Crippen LogP contribution in [0.25, 0.3) is 10.9 Å². The van der Waals surface area contributed by atoms with Gasteiger partial charge in [-0.2, -0.15) is 0 Å². The number of nitrogens with one attached hydrogen (secondary N) is 2. The van der Waals surface area contributed by atoms with Crippen molar-refractivity contribution in [2.45, 2.75) is 0 Å². The number of ether oxygens (including phenoxy) is 1. The number of rotatable bonds is 4. The lowest BCUT2D eigenvalue weighted by molar-refractivity contribution is -0.385. The summed E-state index contributed by atoms with van der Waals surface area (Å²) in [5.74, 6) is -0.207. The number of hydrogen-bond acceptors (Lipinski definition) is 4. The van der Waals surface area contributed by atoms with Crippen molar-refractivity contribution in [1.29, 1.82) is 0 Å². The Morgan fingerprint density at radius 3 is 2.78 bits per heavy atom. The van der Waals surface area contributed by atoms with Gasteiger partial charge in [0.05, 0.1) is 12.0 Å². The highest BCUT2D eigenvalue weighted by Gasteiger charge is 2.16. The number of aromatic amines is 1. The molecule has 2 aromatic carbocycles. The predicted octanol–water partition coefficient (Wildman–Crippen LogP) is 3.34. The SMILES string of the molecule is COc1ccc(NC(=O)c2ccc3cc[nH]c3c2)cc1[N+](=O)[O-]. The number of aromatic nitrogens is 1. The number of anilines is 1. The van der Waals surface area contributed by atoms with E-state index >= 15 is 0 Å². The van der Waals surface area contributed by atoms with E-state index in [0.29, 0.717) is 11.3 Å². The Morgan fingerprint density at radius 1 is 1.22 bits per heavy atom. The van der Waals surface area contributed by atoms with Crippen LogP contribution in [0, 0.1) is 10.1 Å². The van der Waals surface area contributed by atoms with Crippen LogP contribution in [0.2, 0.25) is 0 Å². The van der Waals surface area contributed by atoms with Gasteiger partial charge < -0.3 is 15.0 Å². The molecule has 0 saturated carbocycles. The molecule has 2 N–H and O–H groups in total. The maximum atomic E-state index is 12.3. The molecule has 0 saturated heterocycles. The molecule has 0 aliphatic heterocycles. The van der Waals surface area contributed by atoms with Crippen LogP contribution >= 0.6 is 0 Å². The van der Waals surface area contributed by atoms with Crippen LogP contribution in [0.5, 0.6) is 5.75 Å². The van der Waals surface area contributed by atoms with E-state index in [1.54, 1.807) is 24.4 Å². The summed E-state index contributed by atoms with van der Waals surface area (Å²) in [4.78, 5) is 25.8. The number of fused-ring (bicyclic) bond motifs is 1. The summed E-state index contributed by atoms with van der Waals surface area (Å²) >= 11 is 0. The molecule has 7 nitrogen and oxygen atoms in total. The van der Waals surface area contributed by atoms with E-state index < -0.39 is 4.92 Å². The number of carbonyl (C=O) groups is 1. The second-order valence-electron chi connectivity index (χ2n) is 4.88. The van der Waals surface area contributed by atoms with E-state index in [1.807, 2.05) is 12.1 Å². The standard InChI is InChI=1S/C16H13N3O4/c1-23-15-5-4-12(9-14(15)19(21)22)18-16(20)11-3-2-10-6-7-17-13(10)8-11/h2-9,17H,1H3,(H,18,20). The lowest BCUT2D eigenvalue weighted by Gasteiger charge is -2.07. The van der Waals surface area contributed by atoms with E-state index in [0.717, 1.165) is 10.9 Å². The van der Waals surface area contributed by atoms with Gasteiger partial charge in [0.15, 0.2) is 5.75 Å². The first kappa shape index (κ1) is 14.6. The molecule has 23 heavy (non-hydrogen) atoms. The van der Waals surface area contributed by atoms with E-state index in [2.05, 4.69) is 10.3 Å². The van der Waals surface area contributed by atoms with E-state index in [9.17, 15) is 14.9 Å². The number of amides is 1. The summed E-state index contributed by atoms with van der Waals surface area (Å²) in [6, 6.07) is 11.4. The van der Waals surface area contributed by atoms with Gasteiger partial charge in [0.25, 0.3) is 5.91 Å². The molecule has 7 heteroatoms. The van der Waals surface area contributed by atoms with Gasteiger partial charge in [0.2, 0.25) is 0 Å². The van der Waals surface area contributed by atoms with Crippen LogP contribution in [0.1, 0.15) is 10.4 Å². The van der Waals surface area contributed by atoms with E-state index in [1.165, 1.54) is 19.2 Å². The van der Waals surface area contributed by atoms with Crippen molar-refractivity contribution in [3.8, 4) is 5.75 Å². The first-order valence-corrected chi connectivity index (χ1v) is 6.79. The smallest absolute Gasteiger partial charge is 0.312 e. The normalized spacial score (nSPS) is 10.5. The number of methoxy groups -OCH3 is 1. The van der Waals surface area contributed by atoms with Gasteiger partial charge in [-0.1, -0.05) is 6.07 Å². The van der Waals surface area contributed by atoms with Crippen LogP contribution in [-0.2, 0) is 0 Å². The molecule has 1 heterocycles. The fourth-order valence-corrected chi connectivity index (χ4v) is 2.30. The van der Waals surface area contributed by atoms with Crippen molar-refractivity contribution in [3.05, 3.63) is 64.3 Å². The Hall–Kier alpha value is -3.35. The minimum atomic E-state index is -0.556. The van der Waals surface area contributed by atoms with Gasteiger partial charge in [-0.05, 0) is 35.7 Å². The number of nitro benzene ring substituents is 1. The molecule has 0 fully saturated rings. The molecule has 3 rings (SSSR count). The summed E-state index contributed by atoms with van der Waals surface area (Å²) in [6.07, 6.45) is 1.79. The Balaban J connectivity index is 1.87. The minimum absolute atomic E-state index is 0.140. The van der Waals surface area contributed by atoms with Gasteiger partial charge in [0.1, 0.15) is 0 Å². The first-order chi connectivity index (χ1) is 11.1. The van der Waals surface area contributed by atoms with Crippen LogP contribution in [0.15, 0.2) is 48.7 Å². The third kappa shape index (κ3) is 2.84. The van der Waals surface area contributed by atoms with Gasteiger partial charge in [-0.15, -0.1) is 0 Å².